The average Bonchev–Trinajstić information content (AvgIpc) is 2.74. The Hall–Kier alpha value is -1.29. The molecule has 0 unspecified atom stereocenters. The largest absolute Gasteiger partial charge is 0.367 e. The summed E-state index contributed by atoms with van der Waals surface area (Å²) in [4.78, 5) is 1.13. The number of nitrogens with two attached hydrogens (primary N) is 1. The van der Waals surface area contributed by atoms with Gasteiger partial charge in [-0.2, -0.15) is 0 Å². The summed E-state index contributed by atoms with van der Waals surface area (Å²) in [6, 6.07) is 4.04. The van der Waals surface area contributed by atoms with Crippen LogP contribution in [0.5, 0.6) is 0 Å². The number of nitrogen functional groups attached to an aromatic ring is 1. The number of rotatable bonds is 3. The Morgan fingerprint density at radius 3 is 2.93 bits per heavy atom. The van der Waals surface area contributed by atoms with E-state index in [1.165, 1.54) is 0 Å². The van der Waals surface area contributed by atoms with Gasteiger partial charge in [0.25, 0.3) is 0 Å². The number of hydrogen-bond donors (Lipinski definition) is 1. The summed E-state index contributed by atoms with van der Waals surface area (Å²) in [5, 5.41) is 6.05. The standard InChI is InChI=1S/C11H14N2OS/c1-7(2)6-8-10(11(12)14-13-8)9-4-3-5-15-9/h3-5,7H,6,12H2,1-2H3. The minimum Gasteiger partial charge on any atom is -0.367 e. The van der Waals surface area contributed by atoms with Crippen molar-refractivity contribution in [1.82, 2.24) is 5.16 Å². The molecular formula is C11H14N2OS. The normalized spacial score (nSPS) is 11.1. The first kappa shape index (κ1) is 10.2. The Morgan fingerprint density at radius 2 is 2.33 bits per heavy atom. The van der Waals surface area contributed by atoms with Crippen molar-refractivity contribution < 1.29 is 4.52 Å². The van der Waals surface area contributed by atoms with Gasteiger partial charge in [0.15, 0.2) is 0 Å². The van der Waals surface area contributed by atoms with Gasteiger partial charge < -0.3 is 10.3 Å². The smallest absolute Gasteiger partial charge is 0.231 e. The molecule has 0 saturated carbocycles. The Labute approximate surface area is 92.9 Å². The SMILES string of the molecule is CC(C)Cc1noc(N)c1-c1cccs1. The van der Waals surface area contributed by atoms with Crippen molar-refractivity contribution in [2.75, 3.05) is 5.73 Å². The Morgan fingerprint density at radius 1 is 1.53 bits per heavy atom. The minimum atomic E-state index is 0.424. The molecule has 0 bridgehead atoms. The molecule has 4 heteroatoms. The van der Waals surface area contributed by atoms with Gasteiger partial charge in [0.1, 0.15) is 0 Å². The summed E-state index contributed by atoms with van der Waals surface area (Å²) in [5.74, 6) is 0.973. The van der Waals surface area contributed by atoms with Crippen LogP contribution in [0, 0.1) is 5.92 Å². The highest BCUT2D eigenvalue weighted by atomic mass is 32.1. The predicted octanol–water partition coefficient (Wildman–Crippen LogP) is 3.18. The van der Waals surface area contributed by atoms with Gasteiger partial charge in [-0.3, -0.25) is 0 Å². The van der Waals surface area contributed by atoms with E-state index in [9.17, 15) is 0 Å². The van der Waals surface area contributed by atoms with Gasteiger partial charge in [0.2, 0.25) is 5.88 Å². The van der Waals surface area contributed by atoms with Crippen molar-refractivity contribution >= 4 is 17.2 Å². The van der Waals surface area contributed by atoms with E-state index in [4.69, 9.17) is 10.3 Å². The molecule has 0 amide bonds. The summed E-state index contributed by atoms with van der Waals surface area (Å²) in [5.41, 5.74) is 7.72. The van der Waals surface area contributed by atoms with Gasteiger partial charge in [-0.1, -0.05) is 25.1 Å². The molecule has 0 spiro atoms. The first-order valence-corrected chi connectivity index (χ1v) is 5.84. The molecule has 2 heterocycles. The maximum absolute atomic E-state index is 5.79. The Bertz CT molecular complexity index is 431. The average molecular weight is 222 g/mol. The van der Waals surface area contributed by atoms with E-state index in [-0.39, 0.29) is 0 Å². The lowest BCUT2D eigenvalue weighted by Gasteiger charge is -2.02. The van der Waals surface area contributed by atoms with Gasteiger partial charge in [-0.25, -0.2) is 0 Å². The molecule has 2 rings (SSSR count). The molecule has 0 radical (unpaired) electrons. The highest BCUT2D eigenvalue weighted by Gasteiger charge is 2.16. The van der Waals surface area contributed by atoms with Crippen LogP contribution in [0.15, 0.2) is 22.0 Å². The number of aromatic nitrogens is 1. The van der Waals surface area contributed by atoms with Crippen LogP contribution in [0.2, 0.25) is 0 Å². The van der Waals surface area contributed by atoms with E-state index in [2.05, 4.69) is 19.0 Å². The second kappa shape index (κ2) is 4.06. The first-order chi connectivity index (χ1) is 7.18. The topological polar surface area (TPSA) is 52.0 Å². The molecule has 3 nitrogen and oxygen atoms in total. The lowest BCUT2D eigenvalue weighted by atomic mass is 10.0. The van der Waals surface area contributed by atoms with Gasteiger partial charge in [0.05, 0.1) is 11.3 Å². The van der Waals surface area contributed by atoms with E-state index in [1.807, 2.05) is 17.5 Å². The molecule has 0 saturated heterocycles. The highest BCUT2D eigenvalue weighted by molar-refractivity contribution is 7.13. The van der Waals surface area contributed by atoms with Crippen molar-refractivity contribution in [3.05, 3.63) is 23.2 Å². The van der Waals surface area contributed by atoms with Crippen LogP contribution in [-0.2, 0) is 6.42 Å². The van der Waals surface area contributed by atoms with Crippen molar-refractivity contribution in [3.63, 3.8) is 0 Å². The van der Waals surface area contributed by atoms with Crippen molar-refractivity contribution in [1.29, 1.82) is 0 Å². The monoisotopic (exact) mass is 222 g/mol. The van der Waals surface area contributed by atoms with Crippen LogP contribution in [0.1, 0.15) is 19.5 Å². The predicted molar refractivity (Wildman–Crippen MR) is 62.8 cm³/mol. The molecule has 0 aliphatic heterocycles. The fourth-order valence-electron chi connectivity index (χ4n) is 1.55. The summed E-state index contributed by atoms with van der Waals surface area (Å²) >= 11 is 1.66. The molecule has 2 N–H and O–H groups in total. The van der Waals surface area contributed by atoms with Crippen LogP contribution in [0.4, 0.5) is 5.88 Å². The van der Waals surface area contributed by atoms with Crippen molar-refractivity contribution in [3.8, 4) is 10.4 Å². The zero-order valence-corrected chi connectivity index (χ0v) is 9.67. The Kier molecular flexibility index (Phi) is 2.77. The van der Waals surface area contributed by atoms with E-state index in [0.29, 0.717) is 11.8 Å². The fourth-order valence-corrected chi connectivity index (χ4v) is 2.35. The van der Waals surface area contributed by atoms with Crippen LogP contribution < -0.4 is 5.73 Å². The van der Waals surface area contributed by atoms with Crippen LogP contribution >= 0.6 is 11.3 Å². The minimum absolute atomic E-state index is 0.424. The second-order valence-electron chi connectivity index (χ2n) is 3.94. The molecule has 0 fully saturated rings. The third-order valence-corrected chi connectivity index (χ3v) is 3.05. The van der Waals surface area contributed by atoms with Gasteiger partial charge in [-0.15, -0.1) is 11.3 Å². The molecule has 80 valence electrons. The summed E-state index contributed by atoms with van der Waals surface area (Å²) in [6.07, 6.45) is 0.897. The van der Waals surface area contributed by atoms with Crippen molar-refractivity contribution in [2.45, 2.75) is 20.3 Å². The van der Waals surface area contributed by atoms with E-state index < -0.39 is 0 Å². The van der Waals surface area contributed by atoms with E-state index in [0.717, 1.165) is 22.6 Å². The third-order valence-electron chi connectivity index (χ3n) is 2.16. The molecule has 0 aliphatic carbocycles. The number of anilines is 1. The Balaban J connectivity index is 2.41. The van der Waals surface area contributed by atoms with E-state index >= 15 is 0 Å². The fraction of sp³-hybridized carbons (Fsp3) is 0.364. The lowest BCUT2D eigenvalue weighted by molar-refractivity contribution is 0.422. The van der Waals surface area contributed by atoms with Crippen molar-refractivity contribution in [2.24, 2.45) is 5.92 Å². The molecule has 2 aromatic heterocycles. The molecule has 0 atom stereocenters. The third kappa shape index (κ3) is 2.04. The van der Waals surface area contributed by atoms with Crippen LogP contribution in [0.3, 0.4) is 0 Å². The number of nitrogens with zero attached hydrogens (tertiary/aromatic N) is 1. The number of thiophene rings is 1. The number of hydrogen-bond acceptors (Lipinski definition) is 4. The molecule has 2 aromatic rings. The van der Waals surface area contributed by atoms with Gasteiger partial charge in [-0.05, 0) is 23.8 Å². The quantitative estimate of drug-likeness (QED) is 0.867. The molecule has 0 aromatic carbocycles. The highest BCUT2D eigenvalue weighted by Crippen LogP contribution is 2.33. The summed E-state index contributed by atoms with van der Waals surface area (Å²) in [6.45, 7) is 4.31. The molecule has 0 aliphatic rings. The summed E-state index contributed by atoms with van der Waals surface area (Å²) in [7, 11) is 0. The van der Waals surface area contributed by atoms with Gasteiger partial charge >= 0.3 is 0 Å². The second-order valence-corrected chi connectivity index (χ2v) is 4.89. The maximum atomic E-state index is 5.79. The lowest BCUT2D eigenvalue weighted by Crippen LogP contribution is -1.96. The van der Waals surface area contributed by atoms with Crippen LogP contribution in [-0.4, -0.2) is 5.16 Å². The van der Waals surface area contributed by atoms with Gasteiger partial charge in [0, 0.05) is 4.88 Å². The maximum Gasteiger partial charge on any atom is 0.231 e. The van der Waals surface area contributed by atoms with Crippen LogP contribution in [0.25, 0.3) is 10.4 Å². The summed E-state index contributed by atoms with van der Waals surface area (Å²) < 4.78 is 5.05. The van der Waals surface area contributed by atoms with E-state index in [1.54, 1.807) is 11.3 Å². The molecule has 15 heavy (non-hydrogen) atoms. The first-order valence-electron chi connectivity index (χ1n) is 4.96. The zero-order chi connectivity index (χ0) is 10.8. The zero-order valence-electron chi connectivity index (χ0n) is 8.86. The molecular weight excluding hydrogens is 208 g/mol.